The number of thiophene rings is 1. The van der Waals surface area contributed by atoms with E-state index in [0.29, 0.717) is 6.54 Å². The van der Waals surface area contributed by atoms with E-state index in [2.05, 4.69) is 38.1 Å². The molecule has 3 rings (SSSR count). The SMILES string of the molecule is CCc1cc2c(N3CCN(CC(=O)NC)CC3)ncnc2s1. The van der Waals surface area contributed by atoms with Crippen LogP contribution in [0.4, 0.5) is 5.82 Å². The van der Waals surface area contributed by atoms with Crippen molar-refractivity contribution in [2.24, 2.45) is 0 Å². The van der Waals surface area contributed by atoms with E-state index in [9.17, 15) is 4.79 Å². The molecule has 1 amide bonds. The number of carbonyl (C=O) groups excluding carboxylic acids is 1. The lowest BCUT2D eigenvalue weighted by Crippen LogP contribution is -2.49. The Labute approximate surface area is 134 Å². The van der Waals surface area contributed by atoms with Crippen LogP contribution in [0.3, 0.4) is 0 Å². The van der Waals surface area contributed by atoms with Gasteiger partial charge in [-0.2, -0.15) is 0 Å². The van der Waals surface area contributed by atoms with Gasteiger partial charge < -0.3 is 10.2 Å². The molecule has 1 fully saturated rings. The Morgan fingerprint density at radius 3 is 2.77 bits per heavy atom. The van der Waals surface area contributed by atoms with Crippen LogP contribution in [0.25, 0.3) is 10.2 Å². The molecule has 7 heteroatoms. The third kappa shape index (κ3) is 3.05. The number of fused-ring (bicyclic) bond motifs is 1. The molecule has 0 bridgehead atoms. The van der Waals surface area contributed by atoms with Crippen LogP contribution in [0.1, 0.15) is 11.8 Å². The van der Waals surface area contributed by atoms with E-state index in [-0.39, 0.29) is 5.91 Å². The number of amides is 1. The lowest BCUT2D eigenvalue weighted by atomic mass is 10.2. The number of hydrogen-bond acceptors (Lipinski definition) is 6. The number of anilines is 1. The number of hydrogen-bond donors (Lipinski definition) is 1. The third-order valence-corrected chi connectivity index (χ3v) is 5.21. The summed E-state index contributed by atoms with van der Waals surface area (Å²) in [5.74, 6) is 1.10. The van der Waals surface area contributed by atoms with Crippen LogP contribution in [-0.4, -0.2) is 60.5 Å². The topological polar surface area (TPSA) is 61.4 Å². The zero-order valence-electron chi connectivity index (χ0n) is 13.0. The second-order valence-corrected chi connectivity index (χ2v) is 6.53. The normalized spacial score (nSPS) is 16.2. The van der Waals surface area contributed by atoms with E-state index in [0.717, 1.165) is 48.6 Å². The third-order valence-electron chi connectivity index (χ3n) is 4.03. The molecule has 1 saturated heterocycles. The number of aromatic nitrogens is 2. The summed E-state index contributed by atoms with van der Waals surface area (Å²) in [5.41, 5.74) is 0. The zero-order chi connectivity index (χ0) is 15.5. The fourth-order valence-electron chi connectivity index (χ4n) is 2.72. The Morgan fingerprint density at radius 2 is 2.09 bits per heavy atom. The molecule has 2 aromatic rings. The number of nitrogens with one attached hydrogen (secondary N) is 1. The molecule has 22 heavy (non-hydrogen) atoms. The van der Waals surface area contributed by atoms with Gasteiger partial charge in [-0.25, -0.2) is 9.97 Å². The Bertz CT molecular complexity index is 663. The van der Waals surface area contributed by atoms with Gasteiger partial charge in [0.2, 0.25) is 5.91 Å². The van der Waals surface area contributed by atoms with Crippen LogP contribution >= 0.6 is 11.3 Å². The van der Waals surface area contributed by atoms with Crippen LogP contribution in [0, 0.1) is 0 Å². The summed E-state index contributed by atoms with van der Waals surface area (Å²) >= 11 is 1.75. The first-order valence-corrected chi connectivity index (χ1v) is 8.44. The molecule has 1 N–H and O–H groups in total. The van der Waals surface area contributed by atoms with Gasteiger partial charge in [0, 0.05) is 38.1 Å². The Kier molecular flexibility index (Phi) is 4.54. The van der Waals surface area contributed by atoms with Crippen molar-refractivity contribution < 1.29 is 4.79 Å². The second-order valence-electron chi connectivity index (χ2n) is 5.42. The zero-order valence-corrected chi connectivity index (χ0v) is 13.8. The minimum absolute atomic E-state index is 0.0725. The second kappa shape index (κ2) is 6.58. The van der Waals surface area contributed by atoms with Crippen molar-refractivity contribution in [2.45, 2.75) is 13.3 Å². The predicted octanol–water partition coefficient (Wildman–Crippen LogP) is 1.12. The molecule has 0 atom stereocenters. The first kappa shape index (κ1) is 15.2. The van der Waals surface area contributed by atoms with Gasteiger partial charge in [-0.1, -0.05) is 6.92 Å². The highest BCUT2D eigenvalue weighted by Crippen LogP contribution is 2.30. The van der Waals surface area contributed by atoms with E-state index in [1.165, 1.54) is 4.88 Å². The molecule has 2 aromatic heterocycles. The molecule has 3 heterocycles. The number of nitrogens with zero attached hydrogens (tertiary/aromatic N) is 4. The maximum absolute atomic E-state index is 11.5. The summed E-state index contributed by atoms with van der Waals surface area (Å²) in [4.78, 5) is 27.2. The molecule has 6 nitrogen and oxygen atoms in total. The lowest BCUT2D eigenvalue weighted by Gasteiger charge is -2.35. The summed E-state index contributed by atoms with van der Waals surface area (Å²) < 4.78 is 0. The molecule has 0 spiro atoms. The number of aryl methyl sites for hydroxylation is 1. The van der Waals surface area contributed by atoms with E-state index >= 15 is 0 Å². The highest BCUT2D eigenvalue weighted by atomic mass is 32.1. The minimum atomic E-state index is 0.0725. The average Bonchev–Trinajstić information content (AvgIpc) is 2.98. The van der Waals surface area contributed by atoms with Crippen molar-refractivity contribution in [3.63, 3.8) is 0 Å². The van der Waals surface area contributed by atoms with Gasteiger partial charge in [-0.05, 0) is 12.5 Å². The van der Waals surface area contributed by atoms with E-state index in [1.54, 1.807) is 24.7 Å². The molecule has 0 saturated carbocycles. The molecule has 1 aliphatic rings. The summed E-state index contributed by atoms with van der Waals surface area (Å²) in [6.07, 6.45) is 2.69. The Balaban J connectivity index is 1.73. The Morgan fingerprint density at radius 1 is 1.32 bits per heavy atom. The van der Waals surface area contributed by atoms with E-state index < -0.39 is 0 Å². The van der Waals surface area contributed by atoms with Crippen molar-refractivity contribution in [1.29, 1.82) is 0 Å². The van der Waals surface area contributed by atoms with Crippen molar-refractivity contribution in [3.8, 4) is 0 Å². The van der Waals surface area contributed by atoms with Crippen molar-refractivity contribution >= 4 is 33.3 Å². The van der Waals surface area contributed by atoms with Gasteiger partial charge in [0.15, 0.2) is 0 Å². The standard InChI is InChI=1S/C15H21N5OS/c1-3-11-8-12-14(17-10-18-15(12)22-11)20-6-4-19(5-7-20)9-13(21)16-2/h8,10H,3-7,9H2,1-2H3,(H,16,21). The molecular formula is C15H21N5OS. The van der Waals surface area contributed by atoms with E-state index in [1.807, 2.05) is 0 Å². The lowest BCUT2D eigenvalue weighted by molar-refractivity contribution is -0.121. The van der Waals surface area contributed by atoms with Crippen molar-refractivity contribution in [1.82, 2.24) is 20.2 Å². The number of piperazine rings is 1. The minimum Gasteiger partial charge on any atom is -0.358 e. The molecule has 0 aliphatic carbocycles. The van der Waals surface area contributed by atoms with Gasteiger partial charge >= 0.3 is 0 Å². The van der Waals surface area contributed by atoms with Crippen molar-refractivity contribution in [2.75, 3.05) is 44.7 Å². The number of rotatable bonds is 4. The maximum atomic E-state index is 11.5. The molecule has 0 aromatic carbocycles. The average molecular weight is 319 g/mol. The largest absolute Gasteiger partial charge is 0.358 e. The fraction of sp³-hybridized carbons (Fsp3) is 0.533. The van der Waals surface area contributed by atoms with Crippen LogP contribution in [0.5, 0.6) is 0 Å². The fourth-order valence-corrected chi connectivity index (χ4v) is 3.65. The maximum Gasteiger partial charge on any atom is 0.233 e. The number of likely N-dealkylation sites (N-methyl/N-ethyl adjacent to an activating group) is 1. The van der Waals surface area contributed by atoms with Gasteiger partial charge in [-0.15, -0.1) is 11.3 Å². The van der Waals surface area contributed by atoms with Gasteiger partial charge in [0.25, 0.3) is 0 Å². The monoisotopic (exact) mass is 319 g/mol. The van der Waals surface area contributed by atoms with Crippen LogP contribution in [0.2, 0.25) is 0 Å². The van der Waals surface area contributed by atoms with E-state index in [4.69, 9.17) is 0 Å². The highest BCUT2D eigenvalue weighted by Gasteiger charge is 2.21. The van der Waals surface area contributed by atoms with Gasteiger partial charge in [0.1, 0.15) is 17.0 Å². The smallest absolute Gasteiger partial charge is 0.233 e. The summed E-state index contributed by atoms with van der Waals surface area (Å²) in [6, 6.07) is 2.21. The Hall–Kier alpha value is -1.73. The summed E-state index contributed by atoms with van der Waals surface area (Å²) in [5, 5.41) is 3.83. The van der Waals surface area contributed by atoms with Crippen LogP contribution in [-0.2, 0) is 11.2 Å². The number of carbonyl (C=O) groups is 1. The van der Waals surface area contributed by atoms with Gasteiger partial charge in [-0.3, -0.25) is 9.69 Å². The first-order chi connectivity index (χ1) is 10.7. The van der Waals surface area contributed by atoms with Crippen LogP contribution in [0.15, 0.2) is 12.4 Å². The molecule has 118 valence electrons. The van der Waals surface area contributed by atoms with Gasteiger partial charge in [0.05, 0.1) is 11.9 Å². The molecular weight excluding hydrogens is 298 g/mol. The summed E-state index contributed by atoms with van der Waals surface area (Å²) in [6.45, 7) is 6.17. The molecule has 0 radical (unpaired) electrons. The summed E-state index contributed by atoms with van der Waals surface area (Å²) in [7, 11) is 1.68. The molecule has 1 aliphatic heterocycles. The van der Waals surface area contributed by atoms with Crippen LogP contribution < -0.4 is 10.2 Å². The quantitative estimate of drug-likeness (QED) is 0.915. The highest BCUT2D eigenvalue weighted by molar-refractivity contribution is 7.18. The predicted molar refractivity (Wildman–Crippen MR) is 89.5 cm³/mol. The van der Waals surface area contributed by atoms with Crippen molar-refractivity contribution in [3.05, 3.63) is 17.3 Å². The molecule has 0 unspecified atom stereocenters. The first-order valence-electron chi connectivity index (χ1n) is 7.62.